The summed E-state index contributed by atoms with van der Waals surface area (Å²) in [7, 11) is 0. The van der Waals surface area contributed by atoms with Gasteiger partial charge in [0.05, 0.1) is 12.6 Å². The van der Waals surface area contributed by atoms with Crippen molar-refractivity contribution in [3.05, 3.63) is 70.7 Å². The van der Waals surface area contributed by atoms with Crippen LogP contribution in [-0.2, 0) is 22.6 Å². The Balaban J connectivity index is 1.55. The maximum Gasteiger partial charge on any atom is 0.234 e. The molecule has 0 aliphatic carbocycles. The fourth-order valence-electron chi connectivity index (χ4n) is 3.21. The topological polar surface area (TPSA) is 41.6 Å². The summed E-state index contributed by atoms with van der Waals surface area (Å²) in [6.45, 7) is 3.18. The normalized spacial score (nSPS) is 16.8. The molecule has 1 aliphatic rings. The van der Waals surface area contributed by atoms with E-state index < -0.39 is 0 Å². The Hall–Kier alpha value is -1.88. The third-order valence-electron chi connectivity index (χ3n) is 4.48. The van der Waals surface area contributed by atoms with Crippen LogP contribution in [0.25, 0.3) is 0 Å². The molecule has 0 bridgehead atoms. The van der Waals surface area contributed by atoms with E-state index in [-0.39, 0.29) is 12.0 Å². The van der Waals surface area contributed by atoms with E-state index in [4.69, 9.17) is 16.3 Å². The summed E-state index contributed by atoms with van der Waals surface area (Å²) in [5.74, 6) is 0.0129. The van der Waals surface area contributed by atoms with Crippen LogP contribution in [0.3, 0.4) is 0 Å². The zero-order chi connectivity index (χ0) is 18.2. The van der Waals surface area contributed by atoms with Gasteiger partial charge in [-0.1, -0.05) is 54.1 Å². The molecule has 2 aromatic rings. The first kappa shape index (κ1) is 18.9. The third-order valence-corrected chi connectivity index (χ3v) is 4.72. The summed E-state index contributed by atoms with van der Waals surface area (Å²) < 4.78 is 5.76. The number of amides is 1. The lowest BCUT2D eigenvalue weighted by Crippen LogP contribution is -2.40. The number of ether oxygens (including phenoxy) is 1. The minimum absolute atomic E-state index is 0.0129. The van der Waals surface area contributed by atoms with E-state index in [9.17, 15) is 4.79 Å². The van der Waals surface area contributed by atoms with Gasteiger partial charge in [-0.3, -0.25) is 9.69 Å². The number of hydrogen-bond donors (Lipinski definition) is 1. The fraction of sp³-hybridized carbons (Fsp3) is 0.381. The van der Waals surface area contributed by atoms with Crippen molar-refractivity contribution in [2.75, 3.05) is 19.7 Å². The van der Waals surface area contributed by atoms with Crippen molar-refractivity contribution in [2.45, 2.75) is 32.0 Å². The smallest absolute Gasteiger partial charge is 0.234 e. The summed E-state index contributed by atoms with van der Waals surface area (Å²) in [6.07, 6.45) is 2.39. The first-order valence-electron chi connectivity index (χ1n) is 9.08. The van der Waals surface area contributed by atoms with Gasteiger partial charge in [-0.25, -0.2) is 0 Å². The molecule has 4 nitrogen and oxygen atoms in total. The van der Waals surface area contributed by atoms with Crippen LogP contribution in [0.1, 0.15) is 24.0 Å². The number of carbonyl (C=O) groups excluding carboxylic acids is 1. The highest BCUT2D eigenvalue weighted by Gasteiger charge is 2.21. The highest BCUT2D eigenvalue weighted by molar-refractivity contribution is 6.30. The lowest BCUT2D eigenvalue weighted by molar-refractivity contribution is -0.122. The molecule has 0 radical (unpaired) electrons. The molecule has 0 spiro atoms. The van der Waals surface area contributed by atoms with Crippen molar-refractivity contribution >= 4 is 17.5 Å². The van der Waals surface area contributed by atoms with Crippen LogP contribution in [0, 0.1) is 0 Å². The lowest BCUT2D eigenvalue weighted by atomic mass is 10.2. The molecule has 1 unspecified atom stereocenters. The second-order valence-corrected chi connectivity index (χ2v) is 7.13. The quantitative estimate of drug-likeness (QED) is 0.769. The van der Waals surface area contributed by atoms with Crippen molar-refractivity contribution in [2.24, 2.45) is 0 Å². The van der Waals surface area contributed by atoms with Gasteiger partial charge in [0.2, 0.25) is 5.91 Å². The van der Waals surface area contributed by atoms with Crippen LogP contribution >= 0.6 is 11.6 Å². The molecule has 1 amide bonds. The Kier molecular flexibility index (Phi) is 7.06. The second kappa shape index (κ2) is 9.72. The second-order valence-electron chi connectivity index (χ2n) is 6.70. The van der Waals surface area contributed by atoms with Crippen LogP contribution < -0.4 is 5.32 Å². The van der Waals surface area contributed by atoms with E-state index in [1.807, 2.05) is 42.5 Å². The SMILES string of the molecule is O=C(CN(Cc1ccccc1)CC1CCCO1)NCc1cccc(Cl)c1. The number of benzene rings is 2. The number of rotatable bonds is 8. The summed E-state index contributed by atoms with van der Waals surface area (Å²) in [5.41, 5.74) is 2.20. The van der Waals surface area contributed by atoms with Crippen molar-refractivity contribution in [1.82, 2.24) is 10.2 Å². The van der Waals surface area contributed by atoms with Gasteiger partial charge in [0, 0.05) is 31.3 Å². The van der Waals surface area contributed by atoms with Crippen LogP contribution in [0.4, 0.5) is 0 Å². The number of halogens is 1. The van der Waals surface area contributed by atoms with Crippen molar-refractivity contribution < 1.29 is 9.53 Å². The fourth-order valence-corrected chi connectivity index (χ4v) is 3.42. The summed E-state index contributed by atoms with van der Waals surface area (Å²) in [5, 5.41) is 3.67. The van der Waals surface area contributed by atoms with E-state index >= 15 is 0 Å². The molecule has 26 heavy (non-hydrogen) atoms. The molecule has 0 saturated carbocycles. The Morgan fingerprint density at radius 1 is 1.15 bits per heavy atom. The Morgan fingerprint density at radius 3 is 2.69 bits per heavy atom. The van der Waals surface area contributed by atoms with Gasteiger partial charge < -0.3 is 10.1 Å². The van der Waals surface area contributed by atoms with E-state index in [0.29, 0.717) is 18.1 Å². The molecular formula is C21H25ClN2O2. The summed E-state index contributed by atoms with van der Waals surface area (Å²) in [6, 6.07) is 17.8. The minimum Gasteiger partial charge on any atom is -0.377 e. The number of nitrogens with one attached hydrogen (secondary N) is 1. The number of hydrogen-bond acceptors (Lipinski definition) is 3. The van der Waals surface area contributed by atoms with Gasteiger partial charge in [0.1, 0.15) is 0 Å². The third kappa shape index (κ3) is 6.13. The van der Waals surface area contributed by atoms with Gasteiger partial charge in [0.15, 0.2) is 0 Å². The Morgan fingerprint density at radius 2 is 1.96 bits per heavy atom. The molecule has 1 aliphatic heterocycles. The first-order chi connectivity index (χ1) is 12.7. The largest absolute Gasteiger partial charge is 0.377 e. The molecule has 1 fully saturated rings. The molecular weight excluding hydrogens is 348 g/mol. The molecule has 2 aromatic carbocycles. The minimum atomic E-state index is 0.0129. The van der Waals surface area contributed by atoms with Crippen molar-refractivity contribution in [3.8, 4) is 0 Å². The average Bonchev–Trinajstić information content (AvgIpc) is 3.14. The standard InChI is InChI=1S/C21H25ClN2O2/c22-19-9-4-8-18(12-19)13-23-21(25)16-24(15-20-10-5-11-26-20)14-17-6-2-1-3-7-17/h1-4,6-9,12,20H,5,10-11,13-16H2,(H,23,25). The van der Waals surface area contributed by atoms with Crippen LogP contribution in [-0.4, -0.2) is 36.6 Å². The Labute approximate surface area is 160 Å². The monoisotopic (exact) mass is 372 g/mol. The van der Waals surface area contributed by atoms with Crippen LogP contribution in [0.15, 0.2) is 54.6 Å². The number of carbonyl (C=O) groups is 1. The Bertz CT molecular complexity index is 702. The van der Waals surface area contributed by atoms with E-state index in [1.165, 1.54) is 5.56 Å². The molecule has 0 aromatic heterocycles. The molecule has 3 rings (SSSR count). The van der Waals surface area contributed by atoms with Gasteiger partial charge in [-0.05, 0) is 36.1 Å². The van der Waals surface area contributed by atoms with Crippen LogP contribution in [0.2, 0.25) is 5.02 Å². The van der Waals surface area contributed by atoms with Crippen molar-refractivity contribution in [3.63, 3.8) is 0 Å². The van der Waals surface area contributed by atoms with Crippen molar-refractivity contribution in [1.29, 1.82) is 0 Å². The summed E-state index contributed by atoms with van der Waals surface area (Å²) >= 11 is 6.00. The highest BCUT2D eigenvalue weighted by atomic mass is 35.5. The van der Waals surface area contributed by atoms with Gasteiger partial charge in [0.25, 0.3) is 0 Å². The average molecular weight is 373 g/mol. The molecule has 5 heteroatoms. The first-order valence-corrected chi connectivity index (χ1v) is 9.46. The molecule has 1 atom stereocenters. The maximum atomic E-state index is 12.4. The molecule has 1 saturated heterocycles. The molecule has 138 valence electrons. The molecule has 1 heterocycles. The van der Waals surface area contributed by atoms with Gasteiger partial charge in [-0.15, -0.1) is 0 Å². The van der Waals surface area contributed by atoms with Gasteiger partial charge >= 0.3 is 0 Å². The van der Waals surface area contributed by atoms with Crippen LogP contribution in [0.5, 0.6) is 0 Å². The molecule has 1 N–H and O–H groups in total. The lowest BCUT2D eigenvalue weighted by Gasteiger charge is -2.24. The number of nitrogens with zero attached hydrogens (tertiary/aromatic N) is 1. The zero-order valence-electron chi connectivity index (χ0n) is 14.9. The predicted molar refractivity (Wildman–Crippen MR) is 104 cm³/mol. The highest BCUT2D eigenvalue weighted by Crippen LogP contribution is 2.15. The van der Waals surface area contributed by atoms with Gasteiger partial charge in [-0.2, -0.15) is 0 Å². The van der Waals surface area contributed by atoms with E-state index in [2.05, 4.69) is 22.3 Å². The summed E-state index contributed by atoms with van der Waals surface area (Å²) in [4.78, 5) is 14.6. The zero-order valence-corrected chi connectivity index (χ0v) is 15.6. The maximum absolute atomic E-state index is 12.4. The van der Waals surface area contributed by atoms with E-state index in [0.717, 1.165) is 38.1 Å². The predicted octanol–water partition coefficient (Wildman–Crippen LogP) is 3.64. The van der Waals surface area contributed by atoms with E-state index in [1.54, 1.807) is 0 Å².